The van der Waals surface area contributed by atoms with Crippen LogP contribution in [0, 0.1) is 12.3 Å². The second kappa shape index (κ2) is 5.38. The van der Waals surface area contributed by atoms with Crippen molar-refractivity contribution in [2.24, 2.45) is 0 Å². The first-order valence-electron chi connectivity index (χ1n) is 4.91. The van der Waals surface area contributed by atoms with Crippen molar-refractivity contribution >= 4 is 6.16 Å². The van der Waals surface area contributed by atoms with Crippen LogP contribution in [-0.4, -0.2) is 23.5 Å². The Morgan fingerprint density at radius 3 is 3.00 bits per heavy atom. The number of hydrogen-bond donors (Lipinski definition) is 1. The standard InChI is InChI=1S/C12H14O4/c1-4-9-6-10(7-11(13)8(9)3)16-12(14)15-5-2/h1,5,10-11,13H,2,6-7H2,3H3/t10-,11+/m1/s1. The number of aliphatic hydroxyl groups excluding tert-OH is 1. The van der Waals surface area contributed by atoms with Crippen molar-refractivity contribution in [1.82, 2.24) is 0 Å². The third-order valence-electron chi connectivity index (χ3n) is 2.51. The average molecular weight is 222 g/mol. The molecule has 0 aromatic heterocycles. The minimum absolute atomic E-state index is 0.337. The number of carbonyl (C=O) groups excluding carboxylic acids is 1. The molecule has 0 fully saturated rings. The van der Waals surface area contributed by atoms with E-state index >= 15 is 0 Å². The molecule has 86 valence electrons. The molecule has 0 radical (unpaired) electrons. The van der Waals surface area contributed by atoms with Crippen LogP contribution in [0.4, 0.5) is 4.79 Å². The number of aliphatic hydroxyl groups is 1. The maximum Gasteiger partial charge on any atom is 0.513 e. The Morgan fingerprint density at radius 2 is 2.44 bits per heavy atom. The van der Waals surface area contributed by atoms with Gasteiger partial charge in [0, 0.05) is 18.4 Å². The molecule has 0 aromatic carbocycles. The van der Waals surface area contributed by atoms with E-state index < -0.39 is 18.4 Å². The predicted molar refractivity (Wildman–Crippen MR) is 58.3 cm³/mol. The summed E-state index contributed by atoms with van der Waals surface area (Å²) in [7, 11) is 0. The first-order valence-corrected chi connectivity index (χ1v) is 4.91. The summed E-state index contributed by atoms with van der Waals surface area (Å²) in [5, 5.41) is 9.69. The van der Waals surface area contributed by atoms with Crippen LogP contribution < -0.4 is 0 Å². The third-order valence-corrected chi connectivity index (χ3v) is 2.51. The highest BCUT2D eigenvalue weighted by molar-refractivity contribution is 5.61. The lowest BCUT2D eigenvalue weighted by Gasteiger charge is -2.26. The molecule has 2 atom stereocenters. The summed E-state index contributed by atoms with van der Waals surface area (Å²) in [4.78, 5) is 11.0. The number of carbonyl (C=O) groups is 1. The van der Waals surface area contributed by atoms with Crippen LogP contribution in [0.3, 0.4) is 0 Å². The molecule has 0 aromatic rings. The summed E-state index contributed by atoms with van der Waals surface area (Å²) in [6.07, 6.45) is 5.12. The summed E-state index contributed by atoms with van der Waals surface area (Å²) in [6, 6.07) is 0. The van der Waals surface area contributed by atoms with Crippen LogP contribution in [0.1, 0.15) is 19.8 Å². The lowest BCUT2D eigenvalue weighted by Crippen LogP contribution is -2.29. The van der Waals surface area contributed by atoms with Crippen molar-refractivity contribution in [2.45, 2.75) is 32.0 Å². The Kier molecular flexibility index (Phi) is 4.15. The lowest BCUT2D eigenvalue weighted by atomic mass is 9.89. The van der Waals surface area contributed by atoms with E-state index in [0.29, 0.717) is 18.4 Å². The van der Waals surface area contributed by atoms with Crippen molar-refractivity contribution < 1.29 is 19.4 Å². The summed E-state index contributed by atoms with van der Waals surface area (Å²) in [5.41, 5.74) is 1.44. The molecule has 4 heteroatoms. The van der Waals surface area contributed by atoms with E-state index in [9.17, 15) is 9.90 Å². The van der Waals surface area contributed by atoms with Gasteiger partial charge in [0.05, 0.1) is 12.4 Å². The minimum atomic E-state index is -0.830. The zero-order valence-corrected chi connectivity index (χ0v) is 9.10. The number of hydrogen-bond acceptors (Lipinski definition) is 4. The van der Waals surface area contributed by atoms with E-state index in [-0.39, 0.29) is 0 Å². The molecular formula is C12H14O4. The van der Waals surface area contributed by atoms with E-state index in [2.05, 4.69) is 17.2 Å². The van der Waals surface area contributed by atoms with Gasteiger partial charge in [-0.15, -0.1) is 6.42 Å². The SMILES string of the molecule is C#CC1=C(C)[C@@H](O)C[C@H](OC(=O)OC=C)C1. The molecule has 4 nitrogen and oxygen atoms in total. The largest absolute Gasteiger partial charge is 0.513 e. The molecule has 16 heavy (non-hydrogen) atoms. The van der Waals surface area contributed by atoms with Gasteiger partial charge in [-0.3, -0.25) is 0 Å². The van der Waals surface area contributed by atoms with Gasteiger partial charge in [0.25, 0.3) is 0 Å². The maximum absolute atomic E-state index is 11.0. The Balaban J connectivity index is 2.65. The maximum atomic E-state index is 11.0. The smallest absolute Gasteiger partial charge is 0.430 e. The van der Waals surface area contributed by atoms with Gasteiger partial charge in [-0.1, -0.05) is 12.5 Å². The van der Waals surface area contributed by atoms with Gasteiger partial charge in [0.15, 0.2) is 0 Å². The van der Waals surface area contributed by atoms with Gasteiger partial charge < -0.3 is 14.6 Å². The van der Waals surface area contributed by atoms with Crippen molar-refractivity contribution in [3.63, 3.8) is 0 Å². The van der Waals surface area contributed by atoms with Crippen molar-refractivity contribution in [3.8, 4) is 12.3 Å². The monoisotopic (exact) mass is 222 g/mol. The Labute approximate surface area is 94.6 Å². The van der Waals surface area contributed by atoms with Crippen molar-refractivity contribution in [3.05, 3.63) is 24.0 Å². The fourth-order valence-electron chi connectivity index (χ4n) is 1.59. The van der Waals surface area contributed by atoms with Gasteiger partial charge in [-0.2, -0.15) is 0 Å². The minimum Gasteiger partial charge on any atom is -0.430 e. The number of ether oxygens (including phenoxy) is 2. The zero-order chi connectivity index (χ0) is 12.1. The van der Waals surface area contributed by atoms with Gasteiger partial charge in [0.1, 0.15) is 6.10 Å². The fourth-order valence-corrected chi connectivity index (χ4v) is 1.59. The highest BCUT2D eigenvalue weighted by Crippen LogP contribution is 2.26. The summed E-state index contributed by atoms with van der Waals surface area (Å²) in [6.45, 7) is 5.01. The molecule has 0 bridgehead atoms. The highest BCUT2D eigenvalue weighted by Gasteiger charge is 2.27. The summed E-state index contributed by atoms with van der Waals surface area (Å²) in [5.74, 6) is 2.49. The van der Waals surface area contributed by atoms with Crippen LogP contribution >= 0.6 is 0 Å². The van der Waals surface area contributed by atoms with E-state index in [1.54, 1.807) is 6.92 Å². The number of rotatable bonds is 2. The predicted octanol–water partition coefficient (Wildman–Crippen LogP) is 1.76. The second-order valence-electron chi connectivity index (χ2n) is 3.54. The fraction of sp³-hybridized carbons (Fsp3) is 0.417. The lowest BCUT2D eigenvalue weighted by molar-refractivity contribution is 0.0225. The third kappa shape index (κ3) is 2.88. The molecule has 0 heterocycles. The van der Waals surface area contributed by atoms with Crippen molar-refractivity contribution in [2.75, 3.05) is 0 Å². The number of terminal acetylenes is 1. The zero-order valence-electron chi connectivity index (χ0n) is 9.10. The normalized spacial score (nSPS) is 24.6. The second-order valence-corrected chi connectivity index (χ2v) is 3.54. The van der Waals surface area contributed by atoms with E-state index in [4.69, 9.17) is 11.2 Å². The Hall–Kier alpha value is -1.73. The van der Waals surface area contributed by atoms with Gasteiger partial charge in [-0.05, 0) is 12.5 Å². The van der Waals surface area contributed by atoms with Crippen LogP contribution in [-0.2, 0) is 9.47 Å². The molecule has 0 amide bonds. The van der Waals surface area contributed by atoms with E-state index in [1.807, 2.05) is 0 Å². The van der Waals surface area contributed by atoms with Crippen LogP contribution in [0.15, 0.2) is 24.0 Å². The van der Waals surface area contributed by atoms with Crippen LogP contribution in [0.25, 0.3) is 0 Å². The van der Waals surface area contributed by atoms with Gasteiger partial charge >= 0.3 is 6.16 Å². The van der Waals surface area contributed by atoms with Crippen molar-refractivity contribution in [1.29, 1.82) is 0 Å². The van der Waals surface area contributed by atoms with E-state index in [0.717, 1.165) is 11.8 Å². The van der Waals surface area contributed by atoms with Gasteiger partial charge in [0.2, 0.25) is 0 Å². The van der Waals surface area contributed by atoms with Crippen LogP contribution in [0.5, 0.6) is 0 Å². The molecular weight excluding hydrogens is 208 g/mol. The molecule has 1 N–H and O–H groups in total. The summed E-state index contributed by atoms with van der Waals surface area (Å²) < 4.78 is 9.39. The molecule has 0 spiro atoms. The molecule has 0 saturated heterocycles. The van der Waals surface area contributed by atoms with E-state index in [1.165, 1.54) is 0 Å². The highest BCUT2D eigenvalue weighted by atomic mass is 16.7. The first-order chi connectivity index (χ1) is 7.58. The Morgan fingerprint density at radius 1 is 1.75 bits per heavy atom. The quantitative estimate of drug-likeness (QED) is 0.439. The molecule has 1 rings (SSSR count). The topological polar surface area (TPSA) is 55.8 Å². The first kappa shape index (κ1) is 12.3. The average Bonchev–Trinajstić information content (AvgIpc) is 2.23. The molecule has 1 aliphatic carbocycles. The van der Waals surface area contributed by atoms with Crippen LogP contribution in [0.2, 0.25) is 0 Å². The molecule has 0 unspecified atom stereocenters. The summed E-state index contributed by atoms with van der Waals surface area (Å²) >= 11 is 0. The Bertz CT molecular complexity index is 362. The molecule has 0 saturated carbocycles. The molecule has 0 aliphatic heterocycles. The van der Waals surface area contributed by atoms with Gasteiger partial charge in [-0.25, -0.2) is 4.79 Å². The molecule has 1 aliphatic rings.